The number of rotatable bonds is 2. The number of amides is 1. The van der Waals surface area contributed by atoms with Gasteiger partial charge in [-0.3, -0.25) is 4.90 Å². The Morgan fingerprint density at radius 3 is 2.72 bits per heavy atom. The highest BCUT2D eigenvalue weighted by Gasteiger charge is 2.34. The Kier molecular flexibility index (Phi) is 4.80. The summed E-state index contributed by atoms with van der Waals surface area (Å²) in [6.45, 7) is 7.68. The molecule has 0 N–H and O–H groups in total. The van der Waals surface area contributed by atoms with Gasteiger partial charge in [0.05, 0.1) is 6.04 Å². The van der Waals surface area contributed by atoms with Crippen molar-refractivity contribution in [1.82, 2.24) is 4.98 Å². The summed E-state index contributed by atoms with van der Waals surface area (Å²) >= 11 is 0. The van der Waals surface area contributed by atoms with Gasteiger partial charge in [0.25, 0.3) is 0 Å². The first-order chi connectivity index (χ1) is 11.8. The number of carbonyl (C=O) groups is 1. The summed E-state index contributed by atoms with van der Waals surface area (Å²) < 4.78 is 5.71. The van der Waals surface area contributed by atoms with Crippen LogP contribution in [0.4, 0.5) is 10.6 Å². The number of aromatic nitrogens is 1. The maximum atomic E-state index is 13.0. The van der Waals surface area contributed by atoms with Crippen molar-refractivity contribution in [2.75, 3.05) is 4.90 Å². The lowest BCUT2D eigenvalue weighted by atomic mass is 9.87. The van der Waals surface area contributed by atoms with E-state index in [4.69, 9.17) is 4.74 Å². The number of carbonyl (C=O) groups excluding carboxylic acids is 1. The number of pyridine rings is 1. The van der Waals surface area contributed by atoms with Crippen molar-refractivity contribution >= 4 is 11.9 Å². The Morgan fingerprint density at radius 1 is 1.24 bits per heavy atom. The molecule has 1 aliphatic carbocycles. The fraction of sp³-hybridized carbons (Fsp3) is 0.429. The summed E-state index contributed by atoms with van der Waals surface area (Å²) in [6.07, 6.45) is 4.42. The Morgan fingerprint density at radius 2 is 2.00 bits per heavy atom. The minimum Gasteiger partial charge on any atom is -0.443 e. The van der Waals surface area contributed by atoms with Crippen LogP contribution in [0.1, 0.15) is 56.3 Å². The maximum Gasteiger partial charge on any atom is 0.416 e. The van der Waals surface area contributed by atoms with Gasteiger partial charge < -0.3 is 4.74 Å². The van der Waals surface area contributed by atoms with E-state index >= 15 is 0 Å². The van der Waals surface area contributed by atoms with E-state index in [-0.39, 0.29) is 12.1 Å². The first-order valence-electron chi connectivity index (χ1n) is 8.88. The predicted molar refractivity (Wildman–Crippen MR) is 99.8 cm³/mol. The Balaban J connectivity index is 2.04. The zero-order valence-corrected chi connectivity index (χ0v) is 15.5. The van der Waals surface area contributed by atoms with Crippen LogP contribution in [-0.2, 0) is 11.2 Å². The van der Waals surface area contributed by atoms with Gasteiger partial charge in [-0.2, -0.15) is 0 Å². The molecule has 0 bridgehead atoms. The monoisotopic (exact) mass is 338 g/mol. The van der Waals surface area contributed by atoms with E-state index < -0.39 is 5.60 Å². The second-order valence-electron chi connectivity index (χ2n) is 7.65. The van der Waals surface area contributed by atoms with Crippen LogP contribution < -0.4 is 4.90 Å². The fourth-order valence-corrected chi connectivity index (χ4v) is 3.34. The van der Waals surface area contributed by atoms with E-state index in [1.54, 1.807) is 11.1 Å². The zero-order valence-electron chi connectivity index (χ0n) is 15.5. The van der Waals surface area contributed by atoms with Crippen molar-refractivity contribution in [2.45, 2.75) is 58.6 Å². The molecule has 4 heteroatoms. The van der Waals surface area contributed by atoms with Crippen molar-refractivity contribution in [3.8, 4) is 0 Å². The highest BCUT2D eigenvalue weighted by atomic mass is 16.6. The molecule has 3 rings (SSSR count). The third kappa shape index (κ3) is 4.01. The fourth-order valence-electron chi connectivity index (χ4n) is 3.34. The van der Waals surface area contributed by atoms with Gasteiger partial charge >= 0.3 is 6.09 Å². The van der Waals surface area contributed by atoms with E-state index in [2.05, 4.69) is 23.2 Å². The largest absolute Gasteiger partial charge is 0.443 e. The molecule has 0 aliphatic heterocycles. The molecule has 25 heavy (non-hydrogen) atoms. The topological polar surface area (TPSA) is 42.4 Å². The molecule has 1 aliphatic rings. The molecule has 0 saturated carbocycles. The van der Waals surface area contributed by atoms with Gasteiger partial charge in [0.2, 0.25) is 0 Å². The lowest BCUT2D eigenvalue weighted by Crippen LogP contribution is -2.41. The minimum atomic E-state index is -0.548. The summed E-state index contributed by atoms with van der Waals surface area (Å²) in [5, 5.41) is 0. The summed E-state index contributed by atoms with van der Waals surface area (Å²) in [5.74, 6) is 0.649. The van der Waals surface area contributed by atoms with E-state index in [1.807, 2.05) is 45.9 Å². The van der Waals surface area contributed by atoms with Crippen LogP contribution in [0, 0.1) is 6.92 Å². The molecule has 0 radical (unpaired) electrons. The molecule has 132 valence electrons. The van der Waals surface area contributed by atoms with Gasteiger partial charge in [0.1, 0.15) is 11.4 Å². The van der Waals surface area contributed by atoms with Crippen molar-refractivity contribution in [3.05, 3.63) is 59.3 Å². The van der Waals surface area contributed by atoms with Gasteiger partial charge in [-0.25, -0.2) is 9.78 Å². The summed E-state index contributed by atoms with van der Waals surface area (Å²) in [7, 11) is 0. The van der Waals surface area contributed by atoms with Crippen LogP contribution in [-0.4, -0.2) is 16.7 Å². The van der Waals surface area contributed by atoms with Crippen molar-refractivity contribution < 1.29 is 9.53 Å². The number of hydrogen-bond acceptors (Lipinski definition) is 3. The average molecular weight is 338 g/mol. The second-order valence-corrected chi connectivity index (χ2v) is 7.65. The van der Waals surface area contributed by atoms with Crippen LogP contribution in [0.2, 0.25) is 0 Å². The quantitative estimate of drug-likeness (QED) is 0.755. The summed E-state index contributed by atoms with van der Waals surface area (Å²) in [4.78, 5) is 19.2. The zero-order chi connectivity index (χ0) is 18.0. The first kappa shape index (κ1) is 17.5. The molecule has 1 atom stereocenters. The number of hydrogen-bond donors (Lipinski definition) is 0. The summed E-state index contributed by atoms with van der Waals surface area (Å²) in [6, 6.07) is 12.2. The van der Waals surface area contributed by atoms with Crippen molar-refractivity contribution in [1.29, 1.82) is 0 Å². The van der Waals surface area contributed by atoms with Gasteiger partial charge in [0.15, 0.2) is 0 Å². The SMILES string of the molecule is Cc1ccnc(N(C(=O)OC(C)(C)C)[C@H]2CCCc3ccccc32)c1. The molecule has 0 saturated heterocycles. The lowest BCUT2D eigenvalue weighted by Gasteiger charge is -2.36. The van der Waals surface area contributed by atoms with Gasteiger partial charge in [0, 0.05) is 6.20 Å². The molecular weight excluding hydrogens is 312 g/mol. The Labute approximate surface area is 149 Å². The van der Waals surface area contributed by atoms with Gasteiger partial charge in [-0.05, 0) is 75.8 Å². The maximum absolute atomic E-state index is 13.0. The van der Waals surface area contributed by atoms with E-state index in [0.717, 1.165) is 24.8 Å². The number of aryl methyl sites for hydroxylation is 2. The summed E-state index contributed by atoms with van der Waals surface area (Å²) in [5.41, 5.74) is 3.03. The first-order valence-corrected chi connectivity index (χ1v) is 8.88. The molecule has 4 nitrogen and oxygen atoms in total. The van der Waals surface area contributed by atoms with E-state index in [9.17, 15) is 4.79 Å². The normalized spacial score (nSPS) is 16.9. The lowest BCUT2D eigenvalue weighted by molar-refractivity contribution is 0.0560. The number of benzene rings is 1. The standard InChI is InChI=1S/C21H26N2O2/c1-15-12-13-22-19(14-15)23(20(24)25-21(2,3)4)18-11-7-9-16-8-5-6-10-17(16)18/h5-6,8,10,12-14,18H,7,9,11H2,1-4H3/t18-/m0/s1. The molecular formula is C21H26N2O2. The molecule has 2 aromatic rings. The molecule has 1 heterocycles. The van der Waals surface area contributed by atoms with Crippen molar-refractivity contribution in [2.24, 2.45) is 0 Å². The number of fused-ring (bicyclic) bond motifs is 1. The molecule has 0 unspecified atom stereocenters. The molecule has 0 fully saturated rings. The molecule has 1 amide bonds. The molecule has 1 aromatic heterocycles. The average Bonchev–Trinajstić information content (AvgIpc) is 2.54. The second kappa shape index (κ2) is 6.87. The van der Waals surface area contributed by atoms with E-state index in [1.165, 1.54) is 11.1 Å². The van der Waals surface area contributed by atoms with Crippen LogP contribution in [0.15, 0.2) is 42.6 Å². The van der Waals surface area contributed by atoms with Gasteiger partial charge in [-0.15, -0.1) is 0 Å². The number of nitrogens with zero attached hydrogens (tertiary/aromatic N) is 2. The van der Waals surface area contributed by atoms with Crippen LogP contribution >= 0.6 is 0 Å². The smallest absolute Gasteiger partial charge is 0.416 e. The van der Waals surface area contributed by atoms with Crippen LogP contribution in [0.5, 0.6) is 0 Å². The van der Waals surface area contributed by atoms with Crippen LogP contribution in [0.3, 0.4) is 0 Å². The third-order valence-electron chi connectivity index (χ3n) is 4.39. The predicted octanol–water partition coefficient (Wildman–Crippen LogP) is 5.21. The number of anilines is 1. The van der Waals surface area contributed by atoms with Gasteiger partial charge in [-0.1, -0.05) is 24.3 Å². The van der Waals surface area contributed by atoms with Crippen LogP contribution in [0.25, 0.3) is 0 Å². The minimum absolute atomic E-state index is 0.0471. The Hall–Kier alpha value is -2.36. The Bertz CT molecular complexity index is 764. The highest BCUT2D eigenvalue weighted by Crippen LogP contribution is 2.37. The molecule has 0 spiro atoms. The highest BCUT2D eigenvalue weighted by molar-refractivity contribution is 5.88. The number of ether oxygens (including phenoxy) is 1. The molecule has 1 aromatic carbocycles. The van der Waals surface area contributed by atoms with E-state index in [0.29, 0.717) is 5.82 Å². The van der Waals surface area contributed by atoms with Crippen molar-refractivity contribution in [3.63, 3.8) is 0 Å². The third-order valence-corrected chi connectivity index (χ3v) is 4.39.